The summed E-state index contributed by atoms with van der Waals surface area (Å²) in [6.07, 6.45) is 0.543. The van der Waals surface area contributed by atoms with E-state index in [0.717, 1.165) is 0 Å². The zero-order valence-corrected chi connectivity index (χ0v) is 12.1. The molecule has 0 aliphatic heterocycles. The first-order valence-corrected chi connectivity index (χ1v) is 7.62. The number of hydrogen-bond acceptors (Lipinski definition) is 3. The number of benzene rings is 1. The van der Waals surface area contributed by atoms with Crippen LogP contribution in [0.4, 0.5) is 0 Å². The van der Waals surface area contributed by atoms with Crippen molar-refractivity contribution in [1.29, 1.82) is 0 Å². The molecule has 1 aromatic carbocycles. The summed E-state index contributed by atoms with van der Waals surface area (Å²) in [5.74, 6) is -0.929. The van der Waals surface area contributed by atoms with Crippen molar-refractivity contribution in [2.45, 2.75) is 32.1 Å². The molecule has 0 radical (unpaired) electrons. The van der Waals surface area contributed by atoms with E-state index < -0.39 is 16.0 Å². The average molecular weight is 285 g/mol. The van der Waals surface area contributed by atoms with Crippen molar-refractivity contribution < 1.29 is 18.3 Å². The number of carbonyl (C=O) groups is 1. The molecular weight excluding hydrogens is 266 g/mol. The van der Waals surface area contributed by atoms with Crippen LogP contribution in [0.1, 0.15) is 36.7 Å². The molecule has 106 valence electrons. The number of hydrogen-bond donors (Lipinski definition) is 2. The SMILES string of the molecule is CCc1ccc(S(=O)(=O)NCC(C)C)cc1C(=O)O. The van der Waals surface area contributed by atoms with Crippen LogP contribution in [-0.2, 0) is 16.4 Å². The summed E-state index contributed by atoms with van der Waals surface area (Å²) in [5.41, 5.74) is 0.658. The molecule has 0 unspecified atom stereocenters. The van der Waals surface area contributed by atoms with Crippen LogP contribution >= 0.6 is 0 Å². The van der Waals surface area contributed by atoms with E-state index in [9.17, 15) is 13.2 Å². The molecule has 1 rings (SSSR count). The van der Waals surface area contributed by atoms with E-state index in [1.54, 1.807) is 6.07 Å². The first-order valence-electron chi connectivity index (χ1n) is 6.13. The molecular formula is C13H19NO4S. The minimum Gasteiger partial charge on any atom is -0.478 e. The quantitative estimate of drug-likeness (QED) is 0.836. The zero-order valence-electron chi connectivity index (χ0n) is 11.3. The van der Waals surface area contributed by atoms with Crippen molar-refractivity contribution in [3.8, 4) is 0 Å². The van der Waals surface area contributed by atoms with E-state index in [1.807, 2.05) is 20.8 Å². The summed E-state index contributed by atoms with van der Waals surface area (Å²) in [7, 11) is -3.65. The molecule has 1 aromatic rings. The molecule has 0 spiro atoms. The van der Waals surface area contributed by atoms with Crippen molar-refractivity contribution >= 4 is 16.0 Å². The average Bonchev–Trinajstić information content (AvgIpc) is 2.35. The topological polar surface area (TPSA) is 83.5 Å². The molecule has 0 aromatic heterocycles. The van der Waals surface area contributed by atoms with Crippen LogP contribution in [-0.4, -0.2) is 26.0 Å². The first kappa shape index (κ1) is 15.7. The second kappa shape index (κ2) is 6.16. The fourth-order valence-corrected chi connectivity index (χ4v) is 2.83. The van der Waals surface area contributed by atoms with Gasteiger partial charge in [0.1, 0.15) is 0 Å². The van der Waals surface area contributed by atoms with E-state index in [1.165, 1.54) is 12.1 Å². The van der Waals surface area contributed by atoms with E-state index >= 15 is 0 Å². The second-order valence-corrected chi connectivity index (χ2v) is 6.49. The van der Waals surface area contributed by atoms with Crippen LogP contribution in [0.3, 0.4) is 0 Å². The predicted octanol–water partition coefficient (Wildman–Crippen LogP) is 1.88. The lowest BCUT2D eigenvalue weighted by Gasteiger charge is -2.11. The maximum atomic E-state index is 12.0. The number of sulfonamides is 1. The molecule has 0 heterocycles. The van der Waals surface area contributed by atoms with Crippen LogP contribution in [0, 0.1) is 5.92 Å². The van der Waals surface area contributed by atoms with Crippen LogP contribution in [0.5, 0.6) is 0 Å². The molecule has 0 saturated carbocycles. The van der Waals surface area contributed by atoms with E-state index in [0.29, 0.717) is 18.5 Å². The summed E-state index contributed by atoms with van der Waals surface area (Å²) in [5, 5.41) is 9.09. The molecule has 0 amide bonds. The molecule has 0 aliphatic carbocycles. The van der Waals surface area contributed by atoms with Gasteiger partial charge in [-0.1, -0.05) is 26.8 Å². The van der Waals surface area contributed by atoms with Crippen molar-refractivity contribution in [1.82, 2.24) is 4.72 Å². The van der Waals surface area contributed by atoms with Crippen LogP contribution < -0.4 is 4.72 Å². The van der Waals surface area contributed by atoms with Crippen molar-refractivity contribution in [2.75, 3.05) is 6.54 Å². The van der Waals surface area contributed by atoms with Gasteiger partial charge in [-0.2, -0.15) is 0 Å². The maximum Gasteiger partial charge on any atom is 0.336 e. The van der Waals surface area contributed by atoms with Gasteiger partial charge >= 0.3 is 5.97 Å². The highest BCUT2D eigenvalue weighted by Gasteiger charge is 2.18. The standard InChI is InChI=1S/C13H19NO4S/c1-4-10-5-6-11(7-12(10)13(15)16)19(17,18)14-8-9(2)3/h5-7,9,14H,4,8H2,1-3H3,(H,15,16). The Morgan fingerprint density at radius 2 is 2.00 bits per heavy atom. The number of aryl methyl sites for hydroxylation is 1. The van der Waals surface area contributed by atoms with Crippen LogP contribution in [0.2, 0.25) is 0 Å². The highest BCUT2D eigenvalue weighted by Crippen LogP contribution is 2.17. The van der Waals surface area contributed by atoms with Gasteiger partial charge in [0, 0.05) is 6.54 Å². The lowest BCUT2D eigenvalue weighted by molar-refractivity contribution is 0.0695. The molecule has 0 fully saturated rings. The van der Waals surface area contributed by atoms with E-state index in [4.69, 9.17) is 5.11 Å². The Hall–Kier alpha value is -1.40. The Balaban J connectivity index is 3.14. The Morgan fingerprint density at radius 3 is 2.47 bits per heavy atom. The van der Waals surface area contributed by atoms with E-state index in [-0.39, 0.29) is 16.4 Å². The Labute approximate surface area is 113 Å². The van der Waals surface area contributed by atoms with Gasteiger partial charge in [0.15, 0.2) is 0 Å². The van der Waals surface area contributed by atoms with Gasteiger partial charge in [-0.25, -0.2) is 17.9 Å². The van der Waals surface area contributed by atoms with Gasteiger partial charge in [0.05, 0.1) is 10.5 Å². The summed E-state index contributed by atoms with van der Waals surface area (Å²) in [6, 6.07) is 4.20. The predicted molar refractivity (Wildman–Crippen MR) is 72.8 cm³/mol. The zero-order chi connectivity index (χ0) is 14.6. The van der Waals surface area contributed by atoms with Gasteiger partial charge in [-0.05, 0) is 30.0 Å². The molecule has 6 heteroatoms. The van der Waals surface area contributed by atoms with Gasteiger partial charge in [0.2, 0.25) is 10.0 Å². The third-order valence-corrected chi connectivity index (χ3v) is 4.11. The van der Waals surface area contributed by atoms with Gasteiger partial charge in [0.25, 0.3) is 0 Å². The van der Waals surface area contributed by atoms with Crippen molar-refractivity contribution in [2.24, 2.45) is 5.92 Å². The number of carboxylic acids is 1. The highest BCUT2D eigenvalue weighted by atomic mass is 32.2. The molecule has 0 aliphatic rings. The summed E-state index contributed by atoms with van der Waals surface area (Å²) < 4.78 is 26.5. The van der Waals surface area contributed by atoms with Gasteiger partial charge in [-0.3, -0.25) is 0 Å². The third kappa shape index (κ3) is 4.04. The fraction of sp³-hybridized carbons (Fsp3) is 0.462. The maximum absolute atomic E-state index is 12.0. The number of carboxylic acid groups (broad SMARTS) is 1. The summed E-state index contributed by atoms with van der Waals surface area (Å²) in [6.45, 7) is 5.93. The number of nitrogens with one attached hydrogen (secondary N) is 1. The second-order valence-electron chi connectivity index (χ2n) is 4.72. The Kier molecular flexibility index (Phi) is 5.08. The number of rotatable bonds is 6. The van der Waals surface area contributed by atoms with Crippen molar-refractivity contribution in [3.63, 3.8) is 0 Å². The molecule has 0 bridgehead atoms. The summed E-state index contributed by atoms with van der Waals surface area (Å²) in [4.78, 5) is 11.1. The molecule has 2 N–H and O–H groups in total. The fourth-order valence-electron chi connectivity index (χ4n) is 1.59. The molecule has 19 heavy (non-hydrogen) atoms. The minimum atomic E-state index is -3.65. The van der Waals surface area contributed by atoms with Crippen molar-refractivity contribution in [3.05, 3.63) is 29.3 Å². The van der Waals surface area contributed by atoms with Gasteiger partial charge < -0.3 is 5.11 Å². The highest BCUT2D eigenvalue weighted by molar-refractivity contribution is 7.89. The first-order chi connectivity index (χ1) is 8.77. The molecule has 0 saturated heterocycles. The van der Waals surface area contributed by atoms with Crippen LogP contribution in [0.15, 0.2) is 23.1 Å². The molecule has 5 nitrogen and oxygen atoms in total. The lowest BCUT2D eigenvalue weighted by Crippen LogP contribution is -2.27. The monoisotopic (exact) mass is 285 g/mol. The number of aromatic carboxylic acids is 1. The van der Waals surface area contributed by atoms with Crippen LogP contribution in [0.25, 0.3) is 0 Å². The largest absolute Gasteiger partial charge is 0.478 e. The van der Waals surface area contributed by atoms with E-state index in [2.05, 4.69) is 4.72 Å². The lowest BCUT2D eigenvalue weighted by atomic mass is 10.1. The summed E-state index contributed by atoms with van der Waals surface area (Å²) >= 11 is 0. The third-order valence-electron chi connectivity index (χ3n) is 2.68. The smallest absolute Gasteiger partial charge is 0.336 e. The normalized spacial score (nSPS) is 11.8. The molecule has 0 atom stereocenters. The van der Waals surface area contributed by atoms with Gasteiger partial charge in [-0.15, -0.1) is 0 Å². The Bertz CT molecular complexity index is 564. The Morgan fingerprint density at radius 1 is 1.37 bits per heavy atom. The minimum absolute atomic E-state index is 0.0113.